The smallest absolute Gasteiger partial charge is 0.230 e. The topological polar surface area (TPSA) is 102 Å². The van der Waals surface area contributed by atoms with Crippen molar-refractivity contribution in [2.45, 2.75) is 37.5 Å². The zero-order valence-electron chi connectivity index (χ0n) is 9.61. The molecule has 0 aromatic carbocycles. The van der Waals surface area contributed by atoms with Gasteiger partial charge in [-0.25, -0.2) is 0 Å². The molecule has 1 aliphatic heterocycles. The van der Waals surface area contributed by atoms with Gasteiger partial charge in [-0.3, -0.25) is 10.1 Å². The zero-order chi connectivity index (χ0) is 12.6. The van der Waals surface area contributed by atoms with Crippen molar-refractivity contribution in [1.29, 1.82) is 0 Å². The minimum absolute atomic E-state index is 0.0170. The quantitative estimate of drug-likeness (QED) is 0.442. The van der Waals surface area contributed by atoms with Crippen LogP contribution < -0.4 is 0 Å². The van der Waals surface area contributed by atoms with Crippen LogP contribution in [-0.2, 0) is 4.74 Å². The lowest BCUT2D eigenvalue weighted by Gasteiger charge is -2.53. The zero-order valence-corrected chi connectivity index (χ0v) is 9.61. The summed E-state index contributed by atoms with van der Waals surface area (Å²) in [5, 5.41) is 23.0. The van der Waals surface area contributed by atoms with Crippen LogP contribution in [0.3, 0.4) is 0 Å². The first-order chi connectivity index (χ1) is 8.01. The van der Waals surface area contributed by atoms with Gasteiger partial charge in [-0.2, -0.15) is 4.91 Å². The highest BCUT2D eigenvalue weighted by Gasteiger charge is 2.57. The molecule has 96 valence electrons. The van der Waals surface area contributed by atoms with Crippen LogP contribution in [0, 0.1) is 26.9 Å². The number of fused-ring (bicyclic) bond motifs is 1. The monoisotopic (exact) mass is 244 g/mol. The van der Waals surface area contributed by atoms with Gasteiger partial charge in [0, 0.05) is 4.92 Å². The molecule has 1 aliphatic carbocycles. The summed E-state index contributed by atoms with van der Waals surface area (Å²) < 4.78 is 5.59. The van der Waals surface area contributed by atoms with E-state index >= 15 is 0 Å². The Morgan fingerprint density at radius 2 is 2.18 bits per heavy atom. The molecule has 1 heterocycles. The third kappa shape index (κ3) is 1.93. The van der Waals surface area contributed by atoms with Gasteiger partial charge < -0.3 is 9.84 Å². The van der Waals surface area contributed by atoms with Gasteiger partial charge in [-0.1, -0.05) is 5.18 Å². The van der Waals surface area contributed by atoms with E-state index in [-0.39, 0.29) is 25.0 Å². The Bertz CT molecular complexity index is 337. The second-order valence-electron chi connectivity index (χ2n) is 5.10. The average Bonchev–Trinajstić information content (AvgIpc) is 2.21. The molecule has 0 spiro atoms. The van der Waals surface area contributed by atoms with Gasteiger partial charge in [0.1, 0.15) is 17.7 Å². The predicted molar refractivity (Wildman–Crippen MR) is 58.0 cm³/mol. The average molecular weight is 244 g/mol. The Kier molecular flexibility index (Phi) is 3.13. The van der Waals surface area contributed by atoms with Crippen LogP contribution in [0.1, 0.15) is 19.8 Å². The van der Waals surface area contributed by atoms with Gasteiger partial charge >= 0.3 is 0 Å². The molecule has 0 aromatic heterocycles. The van der Waals surface area contributed by atoms with Gasteiger partial charge in [0.05, 0.1) is 6.61 Å². The molecule has 2 aliphatic rings. The van der Waals surface area contributed by atoms with Crippen molar-refractivity contribution in [2.24, 2.45) is 17.0 Å². The summed E-state index contributed by atoms with van der Waals surface area (Å²) in [5.41, 5.74) is -1.08. The van der Waals surface area contributed by atoms with E-state index < -0.39 is 22.7 Å². The van der Waals surface area contributed by atoms with Crippen LogP contribution in [0.15, 0.2) is 5.18 Å². The maximum atomic E-state index is 10.9. The molecule has 2 rings (SSSR count). The summed E-state index contributed by atoms with van der Waals surface area (Å²) in [7, 11) is 0. The number of nitrogens with zero attached hydrogens (tertiary/aromatic N) is 2. The molecule has 5 atom stereocenters. The Morgan fingerprint density at radius 1 is 1.53 bits per heavy atom. The second kappa shape index (κ2) is 4.30. The standard InChI is InChI=1S/C10H16N2O5/c1-10(5-13)9(11-14)7-3-2-6(7)8(17-10)4-12(15)16/h6-9,13H,2-5H2,1H3/t6?,7-,8+,9-,10?/m1/s1. The number of nitroso groups, excluding NO2 is 1. The first kappa shape index (κ1) is 12.4. The van der Waals surface area contributed by atoms with Crippen LogP contribution in [0.25, 0.3) is 0 Å². The fourth-order valence-corrected chi connectivity index (χ4v) is 3.00. The third-order valence-corrected chi connectivity index (χ3v) is 4.07. The number of aliphatic hydroxyl groups is 1. The van der Waals surface area contributed by atoms with E-state index in [9.17, 15) is 20.1 Å². The number of ether oxygens (including phenoxy) is 1. The molecule has 17 heavy (non-hydrogen) atoms. The first-order valence-electron chi connectivity index (χ1n) is 5.75. The fourth-order valence-electron chi connectivity index (χ4n) is 3.00. The second-order valence-corrected chi connectivity index (χ2v) is 5.10. The van der Waals surface area contributed by atoms with Crippen molar-refractivity contribution in [2.75, 3.05) is 13.2 Å². The lowest BCUT2D eigenvalue weighted by molar-refractivity contribution is -0.500. The molecule has 1 saturated heterocycles. The molecule has 0 aromatic rings. The number of aliphatic hydroxyl groups excluding tert-OH is 1. The lowest BCUT2D eigenvalue weighted by Crippen LogP contribution is -2.63. The molecule has 0 amide bonds. The molecule has 1 saturated carbocycles. The summed E-state index contributed by atoms with van der Waals surface area (Å²) >= 11 is 0. The Balaban J connectivity index is 2.19. The SMILES string of the molecule is CC1(CO)O[C@@H](C[N+](=O)[O-])C2CC[C@H]2[C@H]1N=O. The van der Waals surface area contributed by atoms with E-state index in [1.165, 1.54) is 0 Å². The lowest BCUT2D eigenvalue weighted by atomic mass is 9.62. The molecular formula is C10H16N2O5. The molecule has 7 nitrogen and oxygen atoms in total. The van der Waals surface area contributed by atoms with Crippen LogP contribution in [0.5, 0.6) is 0 Å². The summed E-state index contributed by atoms with van der Waals surface area (Å²) in [6.07, 6.45) is 1.14. The van der Waals surface area contributed by atoms with E-state index in [2.05, 4.69) is 5.18 Å². The largest absolute Gasteiger partial charge is 0.393 e. The van der Waals surface area contributed by atoms with E-state index in [0.29, 0.717) is 0 Å². The Morgan fingerprint density at radius 3 is 2.59 bits per heavy atom. The third-order valence-electron chi connectivity index (χ3n) is 4.07. The molecule has 7 heteroatoms. The predicted octanol–water partition coefficient (Wildman–Crippen LogP) is 0.574. The molecule has 2 unspecified atom stereocenters. The minimum atomic E-state index is -1.08. The Labute approximate surface area is 98.3 Å². The Hall–Kier alpha value is -1.08. The van der Waals surface area contributed by atoms with Crippen LogP contribution in [0.4, 0.5) is 0 Å². The van der Waals surface area contributed by atoms with Crippen molar-refractivity contribution < 1.29 is 14.8 Å². The van der Waals surface area contributed by atoms with E-state index in [4.69, 9.17) is 4.74 Å². The summed E-state index contributed by atoms with van der Waals surface area (Å²) in [4.78, 5) is 21.0. The molecule has 0 radical (unpaired) electrons. The van der Waals surface area contributed by atoms with Crippen molar-refractivity contribution >= 4 is 0 Å². The van der Waals surface area contributed by atoms with Gasteiger partial charge in [0.25, 0.3) is 0 Å². The van der Waals surface area contributed by atoms with E-state index in [0.717, 1.165) is 12.8 Å². The highest BCUT2D eigenvalue weighted by atomic mass is 16.6. The van der Waals surface area contributed by atoms with Gasteiger partial charge in [0.15, 0.2) is 0 Å². The maximum absolute atomic E-state index is 10.9. The maximum Gasteiger partial charge on any atom is 0.230 e. The van der Waals surface area contributed by atoms with Crippen LogP contribution >= 0.6 is 0 Å². The number of nitro groups is 1. The number of rotatable bonds is 4. The van der Waals surface area contributed by atoms with Crippen LogP contribution in [0.2, 0.25) is 0 Å². The van der Waals surface area contributed by atoms with Crippen molar-refractivity contribution in [3.05, 3.63) is 15.0 Å². The normalized spacial score (nSPS) is 44.6. The highest BCUT2D eigenvalue weighted by molar-refractivity contribution is 5.06. The fraction of sp³-hybridized carbons (Fsp3) is 1.00. The minimum Gasteiger partial charge on any atom is -0.393 e. The van der Waals surface area contributed by atoms with Crippen LogP contribution in [-0.4, -0.2) is 40.9 Å². The van der Waals surface area contributed by atoms with E-state index in [1.807, 2.05) is 0 Å². The highest BCUT2D eigenvalue weighted by Crippen LogP contribution is 2.49. The van der Waals surface area contributed by atoms with Crippen molar-refractivity contribution in [1.82, 2.24) is 0 Å². The molecule has 0 bridgehead atoms. The summed E-state index contributed by atoms with van der Waals surface area (Å²) in [6.45, 7) is 0.976. The van der Waals surface area contributed by atoms with Crippen molar-refractivity contribution in [3.63, 3.8) is 0 Å². The molecule has 1 N–H and O–H groups in total. The number of hydrogen-bond donors (Lipinski definition) is 1. The van der Waals surface area contributed by atoms with Crippen molar-refractivity contribution in [3.8, 4) is 0 Å². The summed E-state index contributed by atoms with van der Waals surface area (Å²) in [5.74, 6) is 0.0473. The molecular weight excluding hydrogens is 228 g/mol. The number of hydrogen-bond acceptors (Lipinski definition) is 6. The van der Waals surface area contributed by atoms with E-state index in [1.54, 1.807) is 6.92 Å². The molecule has 2 fully saturated rings. The van der Waals surface area contributed by atoms with Gasteiger partial charge in [-0.05, 0) is 31.6 Å². The van der Waals surface area contributed by atoms with Gasteiger partial charge in [-0.15, -0.1) is 0 Å². The van der Waals surface area contributed by atoms with Gasteiger partial charge in [0.2, 0.25) is 6.54 Å². The summed E-state index contributed by atoms with van der Waals surface area (Å²) in [6, 6.07) is -0.603. The first-order valence-corrected chi connectivity index (χ1v) is 5.75.